The lowest BCUT2D eigenvalue weighted by molar-refractivity contribution is -0.123. The largest absolute Gasteiger partial charge is 0.314 e. The average molecular weight is 350 g/mol. The van der Waals surface area contributed by atoms with Crippen LogP contribution in [0.3, 0.4) is 0 Å². The molecule has 2 nitrogen and oxygen atoms in total. The zero-order chi connectivity index (χ0) is 15.3. The first-order valence-electron chi connectivity index (χ1n) is 7.94. The van der Waals surface area contributed by atoms with Crippen molar-refractivity contribution in [3.63, 3.8) is 0 Å². The highest BCUT2D eigenvalue weighted by atomic mass is 79.9. The summed E-state index contributed by atoms with van der Waals surface area (Å²) in [7, 11) is 1.91. The summed E-state index contributed by atoms with van der Waals surface area (Å²) in [5.74, 6) is 0.252. The number of benzene rings is 1. The Morgan fingerprint density at radius 1 is 1.19 bits per heavy atom. The number of hydrogen-bond donors (Lipinski definition) is 0. The fraction of sp³-hybridized carbons (Fsp3) is 0.611. The minimum absolute atomic E-state index is 0.252. The normalized spacial score (nSPS) is 27.8. The van der Waals surface area contributed by atoms with E-state index >= 15 is 0 Å². The molecule has 1 unspecified atom stereocenters. The van der Waals surface area contributed by atoms with Crippen molar-refractivity contribution in [1.29, 1.82) is 0 Å². The second-order valence-corrected chi connectivity index (χ2v) is 8.32. The third-order valence-corrected chi connectivity index (χ3v) is 6.03. The number of rotatable bonds is 2. The number of amides is 1. The van der Waals surface area contributed by atoms with Crippen molar-refractivity contribution in [2.45, 2.75) is 57.8 Å². The Balaban J connectivity index is 2.00. The number of hydrogen-bond acceptors (Lipinski definition) is 1. The molecule has 3 heteroatoms. The van der Waals surface area contributed by atoms with Gasteiger partial charge in [0.25, 0.3) is 0 Å². The summed E-state index contributed by atoms with van der Waals surface area (Å²) < 4.78 is 1.06. The summed E-state index contributed by atoms with van der Waals surface area (Å²) in [6.07, 6.45) is 7.44. The Bertz CT molecular complexity index is 577. The predicted molar refractivity (Wildman–Crippen MR) is 90.7 cm³/mol. The first-order valence-corrected chi connectivity index (χ1v) is 8.73. The summed E-state index contributed by atoms with van der Waals surface area (Å²) in [4.78, 5) is 14.8. The smallest absolute Gasteiger partial charge is 0.237 e. The monoisotopic (exact) mass is 349 g/mol. The van der Waals surface area contributed by atoms with E-state index in [1.54, 1.807) is 0 Å². The highest BCUT2D eigenvalue weighted by Gasteiger charge is 2.49. The van der Waals surface area contributed by atoms with E-state index < -0.39 is 0 Å². The molecule has 0 aromatic heterocycles. The molecule has 0 N–H and O–H groups in total. The quantitative estimate of drug-likeness (QED) is 0.731. The Morgan fingerprint density at radius 2 is 1.86 bits per heavy atom. The molecular weight excluding hydrogens is 326 g/mol. The SMILES string of the molecule is CN1C(=O)C(C)(CC2(C)CCCCC2)c2cc(Br)ccc21. The van der Waals surface area contributed by atoms with Crippen LogP contribution in [-0.2, 0) is 10.2 Å². The van der Waals surface area contributed by atoms with Gasteiger partial charge in [-0.25, -0.2) is 0 Å². The minimum Gasteiger partial charge on any atom is -0.314 e. The number of carbonyl (C=O) groups excluding carboxylic acids is 1. The van der Waals surface area contributed by atoms with Crippen LogP contribution in [0.4, 0.5) is 5.69 Å². The van der Waals surface area contributed by atoms with Crippen LogP contribution < -0.4 is 4.90 Å². The first-order chi connectivity index (χ1) is 9.86. The van der Waals surface area contributed by atoms with Crippen molar-refractivity contribution < 1.29 is 4.79 Å². The van der Waals surface area contributed by atoms with E-state index in [1.807, 2.05) is 18.0 Å². The highest BCUT2D eigenvalue weighted by molar-refractivity contribution is 9.10. The zero-order valence-corrected chi connectivity index (χ0v) is 14.8. The Morgan fingerprint density at radius 3 is 2.52 bits per heavy atom. The number of likely N-dealkylation sites (N-methyl/N-ethyl adjacent to an activating group) is 1. The Hall–Kier alpha value is -0.830. The number of fused-ring (bicyclic) bond motifs is 1. The molecule has 0 saturated heterocycles. The van der Waals surface area contributed by atoms with Crippen LogP contribution >= 0.6 is 15.9 Å². The molecule has 1 atom stereocenters. The molecule has 1 aromatic rings. The zero-order valence-electron chi connectivity index (χ0n) is 13.2. The lowest BCUT2D eigenvalue weighted by Gasteiger charge is -2.39. The molecule has 3 rings (SSSR count). The van der Waals surface area contributed by atoms with Gasteiger partial charge in [0.15, 0.2) is 0 Å². The van der Waals surface area contributed by atoms with Crippen molar-refractivity contribution in [1.82, 2.24) is 0 Å². The van der Waals surface area contributed by atoms with Crippen molar-refractivity contribution >= 4 is 27.5 Å². The third kappa shape index (κ3) is 2.44. The standard InChI is InChI=1S/C18H24BrNO/c1-17(9-5-4-6-10-17)12-18(2)14-11-13(19)7-8-15(14)20(3)16(18)21/h7-8,11H,4-6,9-10,12H2,1-3H3. The summed E-state index contributed by atoms with van der Waals surface area (Å²) in [6, 6.07) is 6.23. The van der Waals surface area contributed by atoms with Crippen LogP contribution in [0.15, 0.2) is 22.7 Å². The van der Waals surface area contributed by atoms with Gasteiger partial charge in [-0.1, -0.05) is 42.1 Å². The molecule has 2 aliphatic rings. The highest BCUT2D eigenvalue weighted by Crippen LogP contribution is 2.51. The molecule has 1 aliphatic heterocycles. The van der Waals surface area contributed by atoms with E-state index in [0.29, 0.717) is 5.41 Å². The van der Waals surface area contributed by atoms with Gasteiger partial charge >= 0.3 is 0 Å². The molecule has 1 saturated carbocycles. The van der Waals surface area contributed by atoms with E-state index in [4.69, 9.17) is 0 Å². The second-order valence-electron chi connectivity index (χ2n) is 7.41. The maximum absolute atomic E-state index is 12.9. The van der Waals surface area contributed by atoms with Gasteiger partial charge in [0, 0.05) is 17.2 Å². The van der Waals surface area contributed by atoms with Gasteiger partial charge in [-0.3, -0.25) is 4.79 Å². The molecule has 1 fully saturated rings. The van der Waals surface area contributed by atoms with Crippen LogP contribution in [0, 0.1) is 5.41 Å². The maximum atomic E-state index is 12.9. The summed E-state index contributed by atoms with van der Waals surface area (Å²) in [5, 5.41) is 0. The van der Waals surface area contributed by atoms with Crippen molar-refractivity contribution in [3.8, 4) is 0 Å². The number of anilines is 1. The fourth-order valence-corrected chi connectivity index (χ4v) is 4.81. The van der Waals surface area contributed by atoms with Crippen LogP contribution in [0.25, 0.3) is 0 Å². The molecule has 0 radical (unpaired) electrons. The second kappa shape index (κ2) is 5.12. The summed E-state index contributed by atoms with van der Waals surface area (Å²) >= 11 is 3.57. The lowest BCUT2D eigenvalue weighted by atomic mass is 9.64. The fourth-order valence-electron chi connectivity index (χ4n) is 4.44. The van der Waals surface area contributed by atoms with Gasteiger partial charge in [-0.05, 0) is 55.4 Å². The minimum atomic E-state index is -0.375. The molecule has 1 aromatic carbocycles. The molecule has 0 spiro atoms. The third-order valence-electron chi connectivity index (χ3n) is 5.53. The van der Waals surface area contributed by atoms with Crippen molar-refractivity contribution in [2.75, 3.05) is 11.9 Å². The number of nitrogens with zero attached hydrogens (tertiary/aromatic N) is 1. The van der Waals surface area contributed by atoms with Gasteiger partial charge < -0.3 is 4.90 Å². The maximum Gasteiger partial charge on any atom is 0.237 e. The summed E-state index contributed by atoms with van der Waals surface area (Å²) in [6.45, 7) is 4.52. The van der Waals surface area contributed by atoms with Crippen LogP contribution in [0.1, 0.15) is 57.9 Å². The first kappa shape index (κ1) is 15.1. The van der Waals surface area contributed by atoms with E-state index in [0.717, 1.165) is 16.6 Å². The van der Waals surface area contributed by atoms with E-state index in [1.165, 1.54) is 37.7 Å². The molecule has 1 heterocycles. The number of carbonyl (C=O) groups is 1. The number of halogens is 1. The molecule has 0 bridgehead atoms. The van der Waals surface area contributed by atoms with Crippen LogP contribution in [0.5, 0.6) is 0 Å². The molecule has 21 heavy (non-hydrogen) atoms. The van der Waals surface area contributed by atoms with E-state index in [9.17, 15) is 4.79 Å². The van der Waals surface area contributed by atoms with Gasteiger partial charge in [0.1, 0.15) is 0 Å². The van der Waals surface area contributed by atoms with Crippen LogP contribution in [-0.4, -0.2) is 13.0 Å². The molecule has 1 aliphatic carbocycles. The van der Waals surface area contributed by atoms with Crippen LogP contribution in [0.2, 0.25) is 0 Å². The Labute approximate surface area is 136 Å². The van der Waals surface area contributed by atoms with Gasteiger partial charge in [0.2, 0.25) is 5.91 Å². The van der Waals surface area contributed by atoms with Gasteiger partial charge in [-0.15, -0.1) is 0 Å². The summed E-state index contributed by atoms with van der Waals surface area (Å²) in [5.41, 5.74) is 2.19. The Kier molecular flexibility index (Phi) is 3.67. The topological polar surface area (TPSA) is 20.3 Å². The van der Waals surface area contributed by atoms with Crippen molar-refractivity contribution in [3.05, 3.63) is 28.2 Å². The average Bonchev–Trinajstić information content (AvgIpc) is 2.61. The van der Waals surface area contributed by atoms with Crippen molar-refractivity contribution in [2.24, 2.45) is 5.41 Å². The van der Waals surface area contributed by atoms with Gasteiger partial charge in [-0.2, -0.15) is 0 Å². The van der Waals surface area contributed by atoms with Gasteiger partial charge in [0.05, 0.1) is 5.41 Å². The lowest BCUT2D eigenvalue weighted by Crippen LogP contribution is -2.40. The predicted octanol–water partition coefficient (Wildman–Crippen LogP) is 5.04. The molecule has 1 amide bonds. The van der Waals surface area contributed by atoms with E-state index in [2.05, 4.69) is 41.9 Å². The molecule has 114 valence electrons. The van der Waals surface area contributed by atoms with E-state index in [-0.39, 0.29) is 11.3 Å². The molecular formula is C18H24BrNO.